The molecule has 0 heterocycles. The minimum Gasteiger partial charge on any atom is -0.493 e. The molecule has 0 radical (unpaired) electrons. The molecule has 0 aromatic heterocycles. The van der Waals surface area contributed by atoms with E-state index < -0.39 is 0 Å². The highest BCUT2D eigenvalue weighted by atomic mass is 16.5. The predicted octanol–water partition coefficient (Wildman–Crippen LogP) is 3.15. The van der Waals surface area contributed by atoms with Crippen molar-refractivity contribution >= 4 is 5.91 Å². The fraction of sp³-hybridized carbons (Fsp3) is 0.611. The number of benzene rings is 1. The number of hydrogen-bond donors (Lipinski definition) is 1. The molecule has 3 atom stereocenters. The first-order chi connectivity index (χ1) is 10.7. The molecule has 4 heteroatoms. The van der Waals surface area contributed by atoms with Crippen LogP contribution in [0.25, 0.3) is 0 Å². The van der Waals surface area contributed by atoms with Crippen molar-refractivity contribution < 1.29 is 14.3 Å². The van der Waals surface area contributed by atoms with E-state index in [1.165, 1.54) is 25.7 Å². The van der Waals surface area contributed by atoms with Crippen LogP contribution in [0, 0.1) is 17.8 Å². The molecule has 3 rings (SSSR count). The zero-order chi connectivity index (χ0) is 15.5. The van der Waals surface area contributed by atoms with Crippen LogP contribution in [-0.2, 0) is 11.3 Å². The van der Waals surface area contributed by atoms with E-state index in [0.717, 1.165) is 17.4 Å². The summed E-state index contributed by atoms with van der Waals surface area (Å²) in [5.41, 5.74) is 1.03. The molecule has 1 N–H and O–H groups in total. The van der Waals surface area contributed by atoms with Gasteiger partial charge >= 0.3 is 0 Å². The van der Waals surface area contributed by atoms with Crippen molar-refractivity contribution in [3.63, 3.8) is 0 Å². The number of carbonyl (C=O) groups is 1. The predicted molar refractivity (Wildman–Crippen MR) is 84.9 cm³/mol. The Labute approximate surface area is 132 Å². The molecule has 1 aromatic rings. The molecular weight excluding hydrogens is 278 g/mol. The van der Waals surface area contributed by atoms with Gasteiger partial charge in [0.25, 0.3) is 0 Å². The number of ether oxygens (including phenoxy) is 2. The first-order valence-electron chi connectivity index (χ1n) is 8.17. The molecule has 0 aliphatic heterocycles. The summed E-state index contributed by atoms with van der Waals surface area (Å²) in [6.45, 7) is 0.542. The van der Waals surface area contributed by atoms with Gasteiger partial charge in [0, 0.05) is 13.0 Å². The van der Waals surface area contributed by atoms with Gasteiger partial charge in [-0.3, -0.25) is 4.79 Å². The van der Waals surface area contributed by atoms with Crippen LogP contribution in [-0.4, -0.2) is 20.1 Å². The highest BCUT2D eigenvalue weighted by Gasteiger charge is 2.39. The van der Waals surface area contributed by atoms with Crippen molar-refractivity contribution in [1.29, 1.82) is 0 Å². The molecule has 22 heavy (non-hydrogen) atoms. The average molecular weight is 303 g/mol. The van der Waals surface area contributed by atoms with Crippen LogP contribution in [0.15, 0.2) is 18.2 Å². The van der Waals surface area contributed by atoms with Crippen molar-refractivity contribution in [2.24, 2.45) is 17.8 Å². The maximum atomic E-state index is 12.2. The number of rotatable bonds is 6. The molecule has 1 aromatic carbocycles. The van der Waals surface area contributed by atoms with E-state index in [1.54, 1.807) is 14.2 Å². The van der Waals surface area contributed by atoms with Gasteiger partial charge in [-0.2, -0.15) is 0 Å². The van der Waals surface area contributed by atoms with Crippen LogP contribution in [0.2, 0.25) is 0 Å². The lowest BCUT2D eigenvalue weighted by atomic mass is 9.86. The van der Waals surface area contributed by atoms with Gasteiger partial charge in [0.1, 0.15) is 0 Å². The van der Waals surface area contributed by atoms with Gasteiger partial charge in [-0.15, -0.1) is 0 Å². The second kappa shape index (κ2) is 6.59. The topological polar surface area (TPSA) is 47.6 Å². The Kier molecular flexibility index (Phi) is 4.55. The monoisotopic (exact) mass is 303 g/mol. The number of amides is 1. The summed E-state index contributed by atoms with van der Waals surface area (Å²) in [7, 11) is 3.24. The summed E-state index contributed by atoms with van der Waals surface area (Å²) in [5.74, 6) is 3.89. The molecule has 120 valence electrons. The maximum Gasteiger partial charge on any atom is 0.220 e. The third-order valence-electron chi connectivity index (χ3n) is 5.27. The van der Waals surface area contributed by atoms with Crippen molar-refractivity contribution in [2.45, 2.75) is 38.6 Å². The molecule has 0 spiro atoms. The second-order valence-electron chi connectivity index (χ2n) is 6.61. The minimum atomic E-state index is 0.173. The molecule has 2 saturated carbocycles. The van der Waals surface area contributed by atoms with E-state index in [-0.39, 0.29) is 5.91 Å². The number of fused-ring (bicyclic) bond motifs is 2. The second-order valence-corrected chi connectivity index (χ2v) is 6.61. The summed E-state index contributed by atoms with van der Waals surface area (Å²) >= 11 is 0. The van der Waals surface area contributed by atoms with Gasteiger partial charge in [0.15, 0.2) is 11.5 Å². The van der Waals surface area contributed by atoms with Crippen molar-refractivity contribution in [3.05, 3.63) is 23.8 Å². The normalized spacial score (nSPS) is 26.0. The van der Waals surface area contributed by atoms with Gasteiger partial charge in [0.05, 0.1) is 14.2 Å². The molecule has 4 nitrogen and oxygen atoms in total. The Bertz CT molecular complexity index is 543. The van der Waals surface area contributed by atoms with E-state index in [1.807, 2.05) is 18.2 Å². The van der Waals surface area contributed by atoms with E-state index in [4.69, 9.17) is 9.47 Å². The summed E-state index contributed by atoms with van der Waals surface area (Å²) in [6, 6.07) is 5.74. The van der Waals surface area contributed by atoms with E-state index in [2.05, 4.69) is 5.32 Å². The Morgan fingerprint density at radius 3 is 2.64 bits per heavy atom. The third-order valence-corrected chi connectivity index (χ3v) is 5.27. The lowest BCUT2D eigenvalue weighted by Crippen LogP contribution is -2.26. The van der Waals surface area contributed by atoms with Gasteiger partial charge < -0.3 is 14.8 Å². The molecule has 2 aliphatic rings. The summed E-state index contributed by atoms with van der Waals surface area (Å²) in [5, 5.41) is 3.04. The molecule has 2 bridgehead atoms. The van der Waals surface area contributed by atoms with Gasteiger partial charge in [-0.25, -0.2) is 0 Å². The molecule has 1 amide bonds. The van der Waals surface area contributed by atoms with Crippen LogP contribution in [0.5, 0.6) is 11.5 Å². The highest BCUT2D eigenvalue weighted by molar-refractivity contribution is 5.76. The smallest absolute Gasteiger partial charge is 0.220 e. The molecule has 2 fully saturated rings. The van der Waals surface area contributed by atoms with Crippen molar-refractivity contribution in [2.75, 3.05) is 14.2 Å². The van der Waals surface area contributed by atoms with E-state index in [9.17, 15) is 4.79 Å². The fourth-order valence-corrected chi connectivity index (χ4v) is 4.13. The Balaban J connectivity index is 1.50. The fourth-order valence-electron chi connectivity index (χ4n) is 4.13. The standard InChI is InChI=1S/C18H25NO3/c1-21-16-6-4-13(9-17(16)22-2)11-19-18(20)10-15-8-12-3-5-14(15)7-12/h4,6,9,12,14-15H,3,5,7-8,10-11H2,1-2H3,(H,19,20)/t12-,14-,15-/m0/s1. The van der Waals surface area contributed by atoms with E-state index in [0.29, 0.717) is 30.4 Å². The molecule has 0 unspecified atom stereocenters. The number of methoxy groups -OCH3 is 2. The maximum absolute atomic E-state index is 12.2. The van der Waals surface area contributed by atoms with Crippen molar-refractivity contribution in [3.8, 4) is 11.5 Å². The van der Waals surface area contributed by atoms with Gasteiger partial charge in [-0.1, -0.05) is 12.5 Å². The van der Waals surface area contributed by atoms with Gasteiger partial charge in [0.2, 0.25) is 5.91 Å². The molecule has 0 saturated heterocycles. The van der Waals surface area contributed by atoms with Crippen LogP contribution in [0.4, 0.5) is 0 Å². The zero-order valence-corrected chi connectivity index (χ0v) is 13.4. The summed E-state index contributed by atoms with van der Waals surface area (Å²) < 4.78 is 10.5. The Morgan fingerprint density at radius 1 is 1.18 bits per heavy atom. The number of hydrogen-bond acceptors (Lipinski definition) is 3. The van der Waals surface area contributed by atoms with Crippen LogP contribution in [0.3, 0.4) is 0 Å². The zero-order valence-electron chi connectivity index (χ0n) is 13.4. The van der Waals surface area contributed by atoms with Crippen LogP contribution in [0.1, 0.15) is 37.7 Å². The first kappa shape index (κ1) is 15.2. The largest absolute Gasteiger partial charge is 0.493 e. The average Bonchev–Trinajstić information content (AvgIpc) is 3.15. The van der Waals surface area contributed by atoms with E-state index >= 15 is 0 Å². The Hall–Kier alpha value is -1.71. The van der Waals surface area contributed by atoms with Crippen LogP contribution < -0.4 is 14.8 Å². The minimum absolute atomic E-state index is 0.173. The third kappa shape index (κ3) is 3.21. The van der Waals surface area contributed by atoms with Gasteiger partial charge in [-0.05, 0) is 54.7 Å². The number of nitrogens with one attached hydrogen (secondary N) is 1. The van der Waals surface area contributed by atoms with Crippen LogP contribution >= 0.6 is 0 Å². The molecular formula is C18H25NO3. The summed E-state index contributed by atoms with van der Waals surface area (Å²) in [6.07, 6.45) is 6.02. The summed E-state index contributed by atoms with van der Waals surface area (Å²) in [4.78, 5) is 12.2. The first-order valence-corrected chi connectivity index (χ1v) is 8.17. The lowest BCUT2D eigenvalue weighted by molar-refractivity contribution is -0.122. The Morgan fingerprint density at radius 2 is 2.00 bits per heavy atom. The molecule has 2 aliphatic carbocycles. The van der Waals surface area contributed by atoms with Crippen molar-refractivity contribution in [1.82, 2.24) is 5.32 Å². The highest BCUT2D eigenvalue weighted by Crippen LogP contribution is 2.49. The number of carbonyl (C=O) groups excluding carboxylic acids is 1. The quantitative estimate of drug-likeness (QED) is 0.878. The SMILES string of the molecule is COc1ccc(CNC(=O)C[C@@H]2C[C@H]3CC[C@H]2C3)cc1OC. The lowest BCUT2D eigenvalue weighted by Gasteiger charge is -2.21.